The zero-order chi connectivity index (χ0) is 15.1. The minimum atomic E-state index is 0.408. The predicted octanol–water partition coefficient (Wildman–Crippen LogP) is 1.74. The summed E-state index contributed by atoms with van der Waals surface area (Å²) in [5.41, 5.74) is 2.47. The van der Waals surface area contributed by atoms with Crippen molar-refractivity contribution < 1.29 is 9.47 Å². The summed E-state index contributed by atoms with van der Waals surface area (Å²) in [6.45, 7) is 6.63. The van der Waals surface area contributed by atoms with E-state index in [-0.39, 0.29) is 0 Å². The minimum absolute atomic E-state index is 0.408. The topological polar surface area (TPSA) is 46.6 Å². The van der Waals surface area contributed by atoms with Crippen molar-refractivity contribution in [3.8, 4) is 0 Å². The zero-order valence-corrected chi connectivity index (χ0v) is 13.4. The Labute approximate surface area is 127 Å². The summed E-state index contributed by atoms with van der Waals surface area (Å²) in [6, 6.07) is 2.23. The van der Waals surface area contributed by atoms with Crippen LogP contribution in [-0.4, -0.2) is 51.5 Å². The van der Waals surface area contributed by atoms with Crippen molar-refractivity contribution in [1.29, 1.82) is 0 Å². The molecule has 0 atom stereocenters. The molecule has 0 bridgehead atoms. The maximum Gasteiger partial charge on any atom is 0.131 e. The number of pyridine rings is 1. The molecule has 1 aromatic rings. The van der Waals surface area contributed by atoms with Gasteiger partial charge in [-0.2, -0.15) is 0 Å². The van der Waals surface area contributed by atoms with Crippen LogP contribution in [0.5, 0.6) is 0 Å². The fraction of sp³-hybridized carbons (Fsp3) is 0.688. The number of ether oxygens (including phenoxy) is 2. The van der Waals surface area contributed by atoms with E-state index >= 15 is 0 Å². The maximum atomic E-state index is 5.42. The number of hydrogen-bond donors (Lipinski definition) is 1. The van der Waals surface area contributed by atoms with Crippen LogP contribution >= 0.6 is 0 Å². The second kappa shape index (κ2) is 8.32. The van der Waals surface area contributed by atoms with E-state index in [1.807, 2.05) is 6.20 Å². The third-order valence-electron chi connectivity index (χ3n) is 3.99. The van der Waals surface area contributed by atoms with E-state index in [0.717, 1.165) is 51.4 Å². The van der Waals surface area contributed by atoms with Gasteiger partial charge >= 0.3 is 0 Å². The van der Waals surface area contributed by atoms with Gasteiger partial charge in [-0.15, -0.1) is 0 Å². The predicted molar refractivity (Wildman–Crippen MR) is 84.8 cm³/mol. The van der Waals surface area contributed by atoms with Gasteiger partial charge in [-0.25, -0.2) is 4.98 Å². The first-order chi connectivity index (χ1) is 10.2. The molecule has 5 heteroatoms. The molecule has 0 spiro atoms. The van der Waals surface area contributed by atoms with E-state index in [1.165, 1.54) is 11.1 Å². The Morgan fingerprint density at radius 2 is 2.10 bits per heavy atom. The van der Waals surface area contributed by atoms with Crippen LogP contribution in [0.1, 0.15) is 24.0 Å². The molecule has 0 amide bonds. The molecule has 0 aliphatic carbocycles. The lowest BCUT2D eigenvalue weighted by molar-refractivity contribution is 0.0818. The minimum Gasteiger partial charge on any atom is -0.383 e. The van der Waals surface area contributed by atoms with Crippen molar-refractivity contribution in [2.24, 2.45) is 0 Å². The van der Waals surface area contributed by atoms with E-state index in [9.17, 15) is 0 Å². The molecular formula is C16H27N3O2. The van der Waals surface area contributed by atoms with Crippen LogP contribution < -0.4 is 10.2 Å². The SMILES string of the molecule is COCCNCc1cnc(N2CCC(OC)CC2)c(C)c1. The molecule has 1 aromatic heterocycles. The number of hydrogen-bond acceptors (Lipinski definition) is 5. The zero-order valence-electron chi connectivity index (χ0n) is 13.4. The molecule has 0 unspecified atom stereocenters. The van der Waals surface area contributed by atoms with Gasteiger partial charge in [0.25, 0.3) is 0 Å². The first-order valence-corrected chi connectivity index (χ1v) is 7.67. The van der Waals surface area contributed by atoms with Crippen LogP contribution in [0.15, 0.2) is 12.3 Å². The summed E-state index contributed by atoms with van der Waals surface area (Å²) in [6.07, 6.45) is 4.55. The van der Waals surface area contributed by atoms with Gasteiger partial charge in [0, 0.05) is 46.6 Å². The molecule has 1 fully saturated rings. The van der Waals surface area contributed by atoms with Gasteiger partial charge in [0.05, 0.1) is 12.7 Å². The highest BCUT2D eigenvalue weighted by molar-refractivity contribution is 5.47. The van der Waals surface area contributed by atoms with Crippen LogP contribution in [0, 0.1) is 6.92 Å². The van der Waals surface area contributed by atoms with Gasteiger partial charge in [-0.3, -0.25) is 0 Å². The van der Waals surface area contributed by atoms with E-state index < -0.39 is 0 Å². The van der Waals surface area contributed by atoms with Crippen LogP contribution in [0.2, 0.25) is 0 Å². The molecule has 0 radical (unpaired) electrons. The Hall–Kier alpha value is -1.17. The van der Waals surface area contributed by atoms with Crippen molar-refractivity contribution in [2.45, 2.75) is 32.4 Å². The quantitative estimate of drug-likeness (QED) is 0.776. The van der Waals surface area contributed by atoms with Crippen molar-refractivity contribution in [1.82, 2.24) is 10.3 Å². The molecular weight excluding hydrogens is 266 g/mol. The number of piperidine rings is 1. The van der Waals surface area contributed by atoms with Gasteiger partial charge < -0.3 is 19.7 Å². The summed E-state index contributed by atoms with van der Waals surface area (Å²) >= 11 is 0. The lowest BCUT2D eigenvalue weighted by atomic mass is 10.1. The number of nitrogens with zero attached hydrogens (tertiary/aromatic N) is 2. The molecule has 118 valence electrons. The van der Waals surface area contributed by atoms with E-state index in [2.05, 4.69) is 28.2 Å². The molecule has 0 saturated carbocycles. The summed E-state index contributed by atoms with van der Waals surface area (Å²) in [7, 11) is 3.52. The summed E-state index contributed by atoms with van der Waals surface area (Å²) in [4.78, 5) is 7.03. The second-order valence-corrected chi connectivity index (χ2v) is 5.58. The molecule has 2 rings (SSSR count). The fourth-order valence-corrected chi connectivity index (χ4v) is 2.76. The highest BCUT2D eigenvalue weighted by Gasteiger charge is 2.20. The van der Waals surface area contributed by atoms with Crippen LogP contribution in [0.25, 0.3) is 0 Å². The fourth-order valence-electron chi connectivity index (χ4n) is 2.76. The first kappa shape index (κ1) is 16.2. The van der Waals surface area contributed by atoms with Gasteiger partial charge in [-0.05, 0) is 37.0 Å². The maximum absolute atomic E-state index is 5.42. The molecule has 21 heavy (non-hydrogen) atoms. The Bertz CT molecular complexity index is 432. The van der Waals surface area contributed by atoms with E-state index in [0.29, 0.717) is 6.10 Å². The van der Waals surface area contributed by atoms with Gasteiger partial charge in [-0.1, -0.05) is 0 Å². The monoisotopic (exact) mass is 293 g/mol. The number of aryl methyl sites for hydroxylation is 1. The Morgan fingerprint density at radius 1 is 1.33 bits per heavy atom. The lowest BCUT2D eigenvalue weighted by Gasteiger charge is -2.33. The Morgan fingerprint density at radius 3 is 2.71 bits per heavy atom. The van der Waals surface area contributed by atoms with Crippen molar-refractivity contribution in [3.05, 3.63) is 23.4 Å². The number of methoxy groups -OCH3 is 2. The number of aromatic nitrogens is 1. The smallest absolute Gasteiger partial charge is 0.131 e. The van der Waals surface area contributed by atoms with E-state index in [4.69, 9.17) is 9.47 Å². The van der Waals surface area contributed by atoms with Crippen LogP contribution in [0.4, 0.5) is 5.82 Å². The van der Waals surface area contributed by atoms with Crippen LogP contribution in [0.3, 0.4) is 0 Å². The standard InChI is InChI=1S/C16H27N3O2/c1-13-10-14(11-17-6-9-20-2)12-18-16(13)19-7-4-15(21-3)5-8-19/h10,12,15,17H,4-9,11H2,1-3H3. The molecule has 2 heterocycles. The molecule has 1 N–H and O–H groups in total. The van der Waals surface area contributed by atoms with Crippen molar-refractivity contribution in [2.75, 3.05) is 45.4 Å². The third-order valence-corrected chi connectivity index (χ3v) is 3.99. The number of anilines is 1. The highest BCUT2D eigenvalue weighted by atomic mass is 16.5. The van der Waals surface area contributed by atoms with Gasteiger partial charge in [0.1, 0.15) is 5.82 Å². The molecule has 1 saturated heterocycles. The van der Waals surface area contributed by atoms with Gasteiger partial charge in [0.15, 0.2) is 0 Å². The highest BCUT2D eigenvalue weighted by Crippen LogP contribution is 2.23. The third kappa shape index (κ3) is 4.66. The number of nitrogens with one attached hydrogen (secondary N) is 1. The average Bonchev–Trinajstić information content (AvgIpc) is 2.52. The van der Waals surface area contributed by atoms with Gasteiger partial charge in [0.2, 0.25) is 0 Å². The lowest BCUT2D eigenvalue weighted by Crippen LogP contribution is -2.37. The molecule has 0 aromatic carbocycles. The van der Waals surface area contributed by atoms with Crippen LogP contribution in [-0.2, 0) is 16.0 Å². The summed E-state index contributed by atoms with van der Waals surface area (Å²) in [5.74, 6) is 1.12. The number of rotatable bonds is 7. The first-order valence-electron chi connectivity index (χ1n) is 7.67. The Balaban J connectivity index is 1.90. The summed E-state index contributed by atoms with van der Waals surface area (Å²) in [5, 5.41) is 3.35. The molecule has 1 aliphatic heterocycles. The summed E-state index contributed by atoms with van der Waals surface area (Å²) < 4.78 is 10.4. The normalized spacial score (nSPS) is 16.4. The van der Waals surface area contributed by atoms with Crippen molar-refractivity contribution >= 4 is 5.82 Å². The molecule has 1 aliphatic rings. The molecule has 5 nitrogen and oxygen atoms in total. The van der Waals surface area contributed by atoms with Crippen molar-refractivity contribution in [3.63, 3.8) is 0 Å². The average molecular weight is 293 g/mol. The largest absolute Gasteiger partial charge is 0.383 e. The second-order valence-electron chi connectivity index (χ2n) is 5.58. The Kier molecular flexibility index (Phi) is 6.42. The van der Waals surface area contributed by atoms with E-state index in [1.54, 1.807) is 14.2 Å².